The number of benzene rings is 1. The predicted molar refractivity (Wildman–Crippen MR) is 90.4 cm³/mol. The molecule has 0 saturated heterocycles. The molecule has 3 rings (SSSR count). The van der Waals surface area contributed by atoms with Gasteiger partial charge in [-0.05, 0) is 0 Å². The number of allylic oxidation sites excluding steroid dienone is 5. The number of halogens is 2. The molecule has 0 saturated carbocycles. The van der Waals surface area contributed by atoms with Gasteiger partial charge in [0.1, 0.15) is 0 Å². The first kappa shape index (κ1) is 15.8. The molecule has 2 aliphatic rings. The van der Waals surface area contributed by atoms with Gasteiger partial charge in [-0.15, -0.1) is 0 Å². The molecular formula is C18H20Cl2Zr. The molecule has 1 aromatic carbocycles. The van der Waals surface area contributed by atoms with E-state index in [2.05, 4.69) is 81.5 Å². The zero-order valence-corrected chi connectivity index (χ0v) is 16.6. The van der Waals surface area contributed by atoms with Crippen molar-refractivity contribution in [3.63, 3.8) is 0 Å². The van der Waals surface area contributed by atoms with Crippen molar-refractivity contribution in [3.8, 4) is 0 Å². The molecule has 0 N–H and O–H groups in total. The average Bonchev–Trinajstić information content (AvgIpc) is 3.06. The summed E-state index contributed by atoms with van der Waals surface area (Å²) in [5.41, 5.74) is 2.58. The van der Waals surface area contributed by atoms with E-state index in [1.807, 2.05) is 0 Å². The average molecular weight is 398 g/mol. The Morgan fingerprint density at radius 3 is 2.29 bits per heavy atom. The molecule has 110 valence electrons. The first-order chi connectivity index (χ1) is 9.80. The molecule has 0 bridgehead atoms. The summed E-state index contributed by atoms with van der Waals surface area (Å²) >= 11 is -3.59. The van der Waals surface area contributed by atoms with E-state index in [4.69, 9.17) is 17.0 Å². The molecule has 0 amide bonds. The van der Waals surface area contributed by atoms with E-state index >= 15 is 0 Å². The Morgan fingerprint density at radius 2 is 1.67 bits per heavy atom. The summed E-state index contributed by atoms with van der Waals surface area (Å²) in [5.74, 6) is 0. The van der Waals surface area contributed by atoms with Crippen LogP contribution in [0.5, 0.6) is 0 Å². The van der Waals surface area contributed by atoms with Gasteiger partial charge in [0, 0.05) is 0 Å². The summed E-state index contributed by atoms with van der Waals surface area (Å²) in [6.45, 7) is 6.73. The second kappa shape index (κ2) is 5.22. The van der Waals surface area contributed by atoms with E-state index in [-0.39, 0.29) is 12.2 Å². The molecule has 1 unspecified atom stereocenters. The van der Waals surface area contributed by atoms with Gasteiger partial charge in [-0.1, -0.05) is 0 Å². The molecule has 21 heavy (non-hydrogen) atoms. The number of hydrogen-bond acceptors (Lipinski definition) is 0. The van der Waals surface area contributed by atoms with Crippen LogP contribution in [0.4, 0.5) is 0 Å². The van der Waals surface area contributed by atoms with Gasteiger partial charge in [-0.2, -0.15) is 0 Å². The van der Waals surface area contributed by atoms with Gasteiger partial charge >= 0.3 is 140 Å². The Morgan fingerprint density at radius 1 is 1.05 bits per heavy atom. The van der Waals surface area contributed by atoms with E-state index in [1.54, 1.807) is 0 Å². The fourth-order valence-corrected chi connectivity index (χ4v) is 18.3. The van der Waals surface area contributed by atoms with Crippen LogP contribution in [0.15, 0.2) is 54.6 Å². The maximum atomic E-state index is 7.24. The summed E-state index contributed by atoms with van der Waals surface area (Å²) in [4.78, 5) is 0. The molecule has 3 heteroatoms. The van der Waals surface area contributed by atoms with Gasteiger partial charge in [0.05, 0.1) is 0 Å². The topological polar surface area (TPSA) is 0 Å². The van der Waals surface area contributed by atoms with Crippen molar-refractivity contribution in [3.05, 3.63) is 65.8 Å². The van der Waals surface area contributed by atoms with Crippen LogP contribution in [-0.4, -0.2) is 0 Å². The molecule has 0 nitrogen and oxygen atoms in total. The molecular weight excluding hydrogens is 378 g/mol. The van der Waals surface area contributed by atoms with Gasteiger partial charge in [0.2, 0.25) is 0 Å². The first-order valence-electron chi connectivity index (χ1n) is 7.32. The van der Waals surface area contributed by atoms with Gasteiger partial charge in [-0.3, -0.25) is 0 Å². The Balaban J connectivity index is 2.12. The molecule has 1 aromatic rings. The fraction of sp³-hybridized carbons (Fsp3) is 0.333. The standard InChI is InChI=1S/C9H7.C9H13.2ClH.Zr/c1-2-5-9-7-3-6-8(9)4-1;1-9(2,3)8-6-4-5-7-8;;;/h1-7H;4-7H,1-3H3;2*1H;/q;;;;+2/p-2. The Bertz CT molecular complexity index is 635. The van der Waals surface area contributed by atoms with Crippen molar-refractivity contribution in [2.45, 2.75) is 27.5 Å². The second-order valence-electron chi connectivity index (χ2n) is 6.93. The minimum atomic E-state index is -3.59. The van der Waals surface area contributed by atoms with Gasteiger partial charge in [0.25, 0.3) is 0 Å². The zero-order valence-electron chi connectivity index (χ0n) is 12.6. The van der Waals surface area contributed by atoms with Gasteiger partial charge in [0.15, 0.2) is 0 Å². The molecule has 0 aromatic heterocycles. The van der Waals surface area contributed by atoms with Crippen molar-refractivity contribution in [1.29, 1.82) is 0 Å². The van der Waals surface area contributed by atoms with Crippen molar-refractivity contribution in [1.82, 2.24) is 0 Å². The van der Waals surface area contributed by atoms with E-state index in [0.29, 0.717) is 0 Å². The number of rotatable bonds is 2. The Labute approximate surface area is 139 Å². The van der Waals surface area contributed by atoms with Crippen LogP contribution in [0.3, 0.4) is 0 Å². The summed E-state index contributed by atoms with van der Waals surface area (Å²) < 4.78 is 0.0162. The summed E-state index contributed by atoms with van der Waals surface area (Å²) in [5, 5.41) is 0. The van der Waals surface area contributed by atoms with Crippen molar-refractivity contribution >= 4 is 23.1 Å². The predicted octanol–water partition coefficient (Wildman–Crippen LogP) is 6.55. The summed E-state index contributed by atoms with van der Waals surface area (Å²) in [6, 6.07) is 8.47. The number of fused-ring (bicyclic) bond motifs is 1. The van der Waals surface area contributed by atoms with Crippen molar-refractivity contribution in [2.75, 3.05) is 0 Å². The van der Waals surface area contributed by atoms with Crippen LogP contribution in [0, 0.1) is 5.41 Å². The Hall–Kier alpha value is -0.0969. The van der Waals surface area contributed by atoms with Crippen molar-refractivity contribution < 1.29 is 17.9 Å². The molecule has 0 fully saturated rings. The fourth-order valence-electron chi connectivity index (χ4n) is 3.52. The van der Waals surface area contributed by atoms with E-state index < -0.39 is 17.9 Å². The third-order valence-corrected chi connectivity index (χ3v) is 19.8. The molecule has 0 aliphatic heterocycles. The van der Waals surface area contributed by atoms with Crippen LogP contribution in [0.25, 0.3) is 6.08 Å². The van der Waals surface area contributed by atoms with Gasteiger partial charge in [-0.25, -0.2) is 0 Å². The maximum absolute atomic E-state index is 7.24. The zero-order chi connectivity index (χ0) is 15.3. The Kier molecular flexibility index (Phi) is 3.93. The van der Waals surface area contributed by atoms with Crippen LogP contribution in [0.1, 0.15) is 35.5 Å². The number of hydrogen-bond donors (Lipinski definition) is 0. The third kappa shape index (κ3) is 2.28. The van der Waals surface area contributed by atoms with Crippen molar-refractivity contribution in [2.24, 2.45) is 5.41 Å². The van der Waals surface area contributed by atoms with Crippen LogP contribution < -0.4 is 0 Å². The van der Waals surface area contributed by atoms with E-state index in [9.17, 15) is 0 Å². The molecule has 0 heterocycles. The van der Waals surface area contributed by atoms with Crippen LogP contribution in [0.2, 0.25) is 3.12 Å². The van der Waals surface area contributed by atoms with Crippen LogP contribution >= 0.6 is 17.0 Å². The normalized spacial score (nSPS) is 22.8. The second-order valence-corrected chi connectivity index (χ2v) is 21.7. The summed E-state index contributed by atoms with van der Waals surface area (Å²) in [7, 11) is 14.5. The monoisotopic (exact) mass is 396 g/mol. The molecule has 1 atom stereocenters. The molecule has 2 aliphatic carbocycles. The van der Waals surface area contributed by atoms with E-state index in [1.165, 1.54) is 11.1 Å². The minimum absolute atomic E-state index is 0.0153. The molecule has 0 radical (unpaired) electrons. The molecule has 0 spiro atoms. The quantitative estimate of drug-likeness (QED) is 0.530. The first-order valence-corrected chi connectivity index (χ1v) is 16.3. The summed E-state index contributed by atoms with van der Waals surface area (Å²) in [6.07, 6.45) is 13.1. The van der Waals surface area contributed by atoms with Gasteiger partial charge < -0.3 is 0 Å². The van der Waals surface area contributed by atoms with Crippen LogP contribution in [-0.2, 0) is 17.9 Å². The van der Waals surface area contributed by atoms with E-state index in [0.717, 1.165) is 0 Å². The third-order valence-electron chi connectivity index (χ3n) is 4.81. The SMILES string of the molecule is CC(C)(C)[C]1([Zr]([Cl])([Cl])[CH]2C=Cc3ccccc32)C=CC=C1.